The van der Waals surface area contributed by atoms with Gasteiger partial charge in [-0.1, -0.05) is 12.1 Å². The average molecular weight is 333 g/mol. The van der Waals surface area contributed by atoms with Gasteiger partial charge in [0.1, 0.15) is 0 Å². The van der Waals surface area contributed by atoms with Crippen molar-refractivity contribution in [1.82, 2.24) is 10.0 Å². The molecule has 0 heterocycles. The van der Waals surface area contributed by atoms with Gasteiger partial charge < -0.3 is 11.1 Å². The van der Waals surface area contributed by atoms with Gasteiger partial charge in [-0.15, -0.1) is 0 Å². The molecule has 4 N–H and O–H groups in total. The Kier molecular flexibility index (Phi) is 4.66. The molecular formula is C13H14F3N3O2S. The number of alkyl halides is 3. The van der Waals surface area contributed by atoms with E-state index in [1.807, 2.05) is 5.32 Å². The number of carbonyl (C=O) groups excluding carboxylic acids is 2. The summed E-state index contributed by atoms with van der Waals surface area (Å²) < 4.78 is 39.5. The minimum Gasteiger partial charge on any atom is -0.339 e. The van der Waals surface area contributed by atoms with Crippen molar-refractivity contribution in [2.45, 2.75) is 29.5 Å². The van der Waals surface area contributed by atoms with Gasteiger partial charge in [-0.3, -0.25) is 14.3 Å². The van der Waals surface area contributed by atoms with Gasteiger partial charge in [0.2, 0.25) is 5.91 Å². The molecule has 120 valence electrons. The number of hydrogen-bond acceptors (Lipinski definition) is 4. The second-order valence-corrected chi connectivity index (χ2v) is 5.77. The summed E-state index contributed by atoms with van der Waals surface area (Å²) in [6.07, 6.45) is -3.96. The number of hydrogen-bond donors (Lipinski definition) is 3. The van der Waals surface area contributed by atoms with Gasteiger partial charge in [-0.25, -0.2) is 0 Å². The molecule has 0 unspecified atom stereocenters. The average Bonchev–Trinajstić information content (AvgIpc) is 3.25. The molecule has 9 heteroatoms. The molecule has 2 amide bonds. The molecule has 1 aromatic carbocycles. The fraction of sp³-hybridized carbons (Fsp3) is 0.385. The SMILES string of the molecule is NCC(=O)NSc1ccc(C2(NC(=O)C(F)(F)F)CC2)cc1. The van der Waals surface area contributed by atoms with Gasteiger partial charge in [0, 0.05) is 4.90 Å². The standard InChI is InChI=1S/C13H14F3N3O2S/c14-13(15,16)11(21)18-12(5-6-12)8-1-3-9(4-2-8)22-19-10(20)7-17/h1-4H,5-7,17H2,(H,18,21)(H,19,20). The molecule has 0 bridgehead atoms. The van der Waals surface area contributed by atoms with Crippen molar-refractivity contribution in [3.8, 4) is 0 Å². The third-order valence-electron chi connectivity index (χ3n) is 3.24. The van der Waals surface area contributed by atoms with Gasteiger partial charge in [0.15, 0.2) is 0 Å². The van der Waals surface area contributed by atoms with Crippen LogP contribution in [-0.4, -0.2) is 24.5 Å². The molecule has 0 saturated heterocycles. The van der Waals surface area contributed by atoms with Crippen LogP contribution < -0.4 is 15.8 Å². The first-order valence-electron chi connectivity index (χ1n) is 6.42. The summed E-state index contributed by atoms with van der Waals surface area (Å²) in [7, 11) is 0. The topological polar surface area (TPSA) is 84.2 Å². The molecule has 1 aliphatic carbocycles. The third-order valence-corrected chi connectivity index (χ3v) is 4.07. The third kappa shape index (κ3) is 3.92. The predicted molar refractivity (Wildman–Crippen MR) is 74.6 cm³/mol. The van der Waals surface area contributed by atoms with Crippen LogP contribution in [0.15, 0.2) is 29.2 Å². The summed E-state index contributed by atoms with van der Waals surface area (Å²) in [4.78, 5) is 22.8. The number of carbonyl (C=O) groups is 2. The number of nitrogens with one attached hydrogen (secondary N) is 2. The highest BCUT2D eigenvalue weighted by Crippen LogP contribution is 2.46. The van der Waals surface area contributed by atoms with Gasteiger partial charge >= 0.3 is 12.1 Å². The van der Waals surface area contributed by atoms with Crippen LogP contribution in [0.2, 0.25) is 0 Å². The van der Waals surface area contributed by atoms with Crippen LogP contribution in [-0.2, 0) is 15.1 Å². The maximum Gasteiger partial charge on any atom is 0.471 e. The van der Waals surface area contributed by atoms with Crippen molar-refractivity contribution in [1.29, 1.82) is 0 Å². The Labute approximate surface area is 128 Å². The zero-order valence-corrected chi connectivity index (χ0v) is 12.2. The van der Waals surface area contributed by atoms with Crippen LogP contribution in [0.25, 0.3) is 0 Å². The van der Waals surface area contributed by atoms with Gasteiger partial charge in [0.05, 0.1) is 12.1 Å². The van der Waals surface area contributed by atoms with Crippen molar-refractivity contribution in [2.75, 3.05) is 6.54 Å². The van der Waals surface area contributed by atoms with Crippen molar-refractivity contribution >= 4 is 23.8 Å². The molecule has 2 rings (SSSR count). The van der Waals surface area contributed by atoms with E-state index in [0.717, 1.165) is 11.9 Å². The Hall–Kier alpha value is -1.74. The van der Waals surface area contributed by atoms with Crippen LogP contribution >= 0.6 is 11.9 Å². The van der Waals surface area contributed by atoms with E-state index in [2.05, 4.69) is 4.72 Å². The van der Waals surface area contributed by atoms with Crippen LogP contribution in [0, 0.1) is 0 Å². The molecular weight excluding hydrogens is 319 g/mol. The summed E-state index contributed by atoms with van der Waals surface area (Å²) in [5.74, 6) is -2.26. The zero-order valence-electron chi connectivity index (χ0n) is 11.4. The normalized spacial score (nSPS) is 16.0. The predicted octanol–water partition coefficient (Wildman–Crippen LogP) is 1.44. The van der Waals surface area contributed by atoms with E-state index in [1.54, 1.807) is 24.3 Å². The summed E-state index contributed by atoms with van der Waals surface area (Å²) in [6.45, 7) is -0.127. The number of rotatable bonds is 5. The summed E-state index contributed by atoms with van der Waals surface area (Å²) in [5.41, 5.74) is 4.83. The van der Waals surface area contributed by atoms with E-state index < -0.39 is 17.6 Å². The van der Waals surface area contributed by atoms with E-state index in [9.17, 15) is 22.8 Å². The largest absolute Gasteiger partial charge is 0.471 e. The lowest BCUT2D eigenvalue weighted by Crippen LogP contribution is -2.43. The smallest absolute Gasteiger partial charge is 0.339 e. The summed E-state index contributed by atoms with van der Waals surface area (Å²) in [6, 6.07) is 6.61. The molecule has 5 nitrogen and oxygen atoms in total. The number of nitrogens with two attached hydrogens (primary N) is 1. The summed E-state index contributed by atoms with van der Waals surface area (Å²) >= 11 is 1.06. The molecule has 0 aliphatic heterocycles. The van der Waals surface area contributed by atoms with Crippen molar-refractivity contribution in [2.24, 2.45) is 5.73 Å². The van der Waals surface area contributed by atoms with E-state index in [4.69, 9.17) is 5.73 Å². The van der Waals surface area contributed by atoms with Gasteiger partial charge in [-0.2, -0.15) is 13.2 Å². The van der Waals surface area contributed by atoms with E-state index in [1.165, 1.54) is 0 Å². The highest BCUT2D eigenvalue weighted by molar-refractivity contribution is 7.98. The molecule has 1 aromatic rings. The molecule has 0 atom stereocenters. The fourth-order valence-electron chi connectivity index (χ4n) is 1.90. The fourth-order valence-corrected chi connectivity index (χ4v) is 2.49. The van der Waals surface area contributed by atoms with Crippen molar-refractivity contribution < 1.29 is 22.8 Å². The second kappa shape index (κ2) is 6.17. The Bertz CT molecular complexity index is 571. The number of amides is 2. The van der Waals surface area contributed by atoms with E-state index >= 15 is 0 Å². The van der Waals surface area contributed by atoms with Crippen LogP contribution in [0.5, 0.6) is 0 Å². The number of halogens is 3. The highest BCUT2D eigenvalue weighted by atomic mass is 32.2. The Morgan fingerprint density at radius 3 is 2.27 bits per heavy atom. The Morgan fingerprint density at radius 1 is 1.23 bits per heavy atom. The Morgan fingerprint density at radius 2 is 1.82 bits per heavy atom. The van der Waals surface area contributed by atoms with Crippen LogP contribution in [0.3, 0.4) is 0 Å². The van der Waals surface area contributed by atoms with Gasteiger partial charge in [0.25, 0.3) is 0 Å². The lowest BCUT2D eigenvalue weighted by atomic mass is 10.1. The molecule has 1 saturated carbocycles. The first kappa shape index (κ1) is 16.6. The van der Waals surface area contributed by atoms with Gasteiger partial charge in [-0.05, 0) is 42.5 Å². The maximum atomic E-state index is 12.3. The van der Waals surface area contributed by atoms with Crippen LogP contribution in [0.1, 0.15) is 18.4 Å². The molecule has 22 heavy (non-hydrogen) atoms. The second-order valence-electron chi connectivity index (χ2n) is 4.89. The van der Waals surface area contributed by atoms with Crippen molar-refractivity contribution in [3.63, 3.8) is 0 Å². The minimum absolute atomic E-state index is 0.127. The number of benzene rings is 1. The maximum absolute atomic E-state index is 12.3. The Balaban J connectivity index is 2.01. The zero-order chi connectivity index (χ0) is 16.4. The summed E-state index contributed by atoms with van der Waals surface area (Å²) in [5, 5.41) is 2.05. The van der Waals surface area contributed by atoms with E-state index in [-0.39, 0.29) is 12.5 Å². The highest BCUT2D eigenvalue weighted by Gasteiger charge is 2.50. The molecule has 0 aromatic heterocycles. The minimum atomic E-state index is -4.89. The quantitative estimate of drug-likeness (QED) is 0.712. The first-order chi connectivity index (χ1) is 10.3. The lowest BCUT2D eigenvalue weighted by Gasteiger charge is -2.19. The molecule has 1 aliphatic rings. The first-order valence-corrected chi connectivity index (χ1v) is 7.24. The van der Waals surface area contributed by atoms with Crippen molar-refractivity contribution in [3.05, 3.63) is 29.8 Å². The van der Waals surface area contributed by atoms with Crippen LogP contribution in [0.4, 0.5) is 13.2 Å². The monoisotopic (exact) mass is 333 g/mol. The van der Waals surface area contributed by atoms with E-state index in [0.29, 0.717) is 23.3 Å². The molecule has 0 radical (unpaired) electrons. The molecule has 1 fully saturated rings. The molecule has 0 spiro atoms. The lowest BCUT2D eigenvalue weighted by molar-refractivity contribution is -0.174.